The van der Waals surface area contributed by atoms with Crippen molar-refractivity contribution < 1.29 is 4.79 Å². The quantitative estimate of drug-likeness (QED) is 0.881. The number of hydrogen-bond donors (Lipinski definition) is 2. The smallest absolute Gasteiger partial charge is 0.243 e. The van der Waals surface area contributed by atoms with Gasteiger partial charge in [-0.25, -0.2) is 0 Å². The molecule has 0 atom stereocenters. The molecule has 0 aliphatic heterocycles. The lowest BCUT2D eigenvalue weighted by molar-refractivity contribution is -0.114. The summed E-state index contributed by atoms with van der Waals surface area (Å²) in [6, 6.07) is 12.7. The Hall–Kier alpha value is -1.71. The molecule has 0 radical (unpaired) electrons. The van der Waals surface area contributed by atoms with E-state index in [1.54, 1.807) is 12.1 Å². The van der Waals surface area contributed by atoms with Crippen LogP contribution in [0.15, 0.2) is 42.5 Å². The van der Waals surface area contributed by atoms with Gasteiger partial charge < -0.3 is 10.6 Å². The maximum atomic E-state index is 11.8. The van der Waals surface area contributed by atoms with E-state index in [9.17, 15) is 4.79 Å². The number of nitrogens with one attached hydrogen (secondary N) is 2. The molecule has 2 aromatic carbocycles. The van der Waals surface area contributed by atoms with Gasteiger partial charge in [-0.2, -0.15) is 0 Å². The number of carbonyl (C=O) groups is 1. The SMILES string of the molecule is Cc1ccc(NC(=O)CNc2ccccc2Cl)cc1Cl. The first-order chi connectivity index (χ1) is 9.56. The Balaban J connectivity index is 1.93. The second-order valence-electron chi connectivity index (χ2n) is 4.35. The molecule has 0 fully saturated rings. The molecule has 104 valence electrons. The Bertz CT molecular complexity index is 629. The highest BCUT2D eigenvalue weighted by Crippen LogP contribution is 2.21. The van der Waals surface area contributed by atoms with Crippen LogP contribution in [0.4, 0.5) is 11.4 Å². The molecule has 0 heterocycles. The molecule has 0 unspecified atom stereocenters. The van der Waals surface area contributed by atoms with Crippen LogP contribution in [0.2, 0.25) is 10.0 Å². The highest BCUT2D eigenvalue weighted by molar-refractivity contribution is 6.33. The lowest BCUT2D eigenvalue weighted by Crippen LogP contribution is -2.21. The van der Waals surface area contributed by atoms with Crippen LogP contribution in [0.25, 0.3) is 0 Å². The van der Waals surface area contributed by atoms with E-state index >= 15 is 0 Å². The van der Waals surface area contributed by atoms with Crippen LogP contribution >= 0.6 is 23.2 Å². The lowest BCUT2D eigenvalue weighted by Gasteiger charge is -2.09. The Morgan fingerprint density at radius 3 is 2.55 bits per heavy atom. The number of halogens is 2. The average Bonchev–Trinajstić information content (AvgIpc) is 2.42. The van der Waals surface area contributed by atoms with E-state index in [1.807, 2.05) is 37.3 Å². The molecule has 2 N–H and O–H groups in total. The molecule has 0 spiro atoms. The standard InChI is InChI=1S/C15H14Cl2N2O/c1-10-6-7-11(8-13(10)17)19-15(20)9-18-14-5-3-2-4-12(14)16/h2-8,18H,9H2,1H3,(H,19,20). The first-order valence-corrected chi connectivity index (χ1v) is 6.86. The summed E-state index contributed by atoms with van der Waals surface area (Å²) in [6.45, 7) is 2.04. The summed E-state index contributed by atoms with van der Waals surface area (Å²) in [5, 5.41) is 6.96. The van der Waals surface area contributed by atoms with Crippen LogP contribution in [0.3, 0.4) is 0 Å². The van der Waals surface area contributed by atoms with E-state index in [1.165, 1.54) is 0 Å². The van der Waals surface area contributed by atoms with E-state index in [2.05, 4.69) is 10.6 Å². The van der Waals surface area contributed by atoms with E-state index in [-0.39, 0.29) is 12.5 Å². The van der Waals surface area contributed by atoms with Crippen molar-refractivity contribution in [2.75, 3.05) is 17.2 Å². The Morgan fingerprint density at radius 2 is 1.85 bits per heavy atom. The zero-order chi connectivity index (χ0) is 14.5. The molecule has 20 heavy (non-hydrogen) atoms. The number of para-hydroxylation sites is 1. The fourth-order valence-electron chi connectivity index (χ4n) is 1.66. The number of amides is 1. The third kappa shape index (κ3) is 3.89. The summed E-state index contributed by atoms with van der Waals surface area (Å²) in [6.07, 6.45) is 0. The van der Waals surface area contributed by atoms with Gasteiger partial charge in [-0.3, -0.25) is 4.79 Å². The maximum absolute atomic E-state index is 11.8. The monoisotopic (exact) mass is 308 g/mol. The van der Waals surface area contributed by atoms with E-state index in [0.29, 0.717) is 15.7 Å². The lowest BCUT2D eigenvalue weighted by atomic mass is 10.2. The third-order valence-corrected chi connectivity index (χ3v) is 3.51. The Morgan fingerprint density at radius 1 is 1.10 bits per heavy atom. The van der Waals surface area contributed by atoms with Crippen molar-refractivity contribution in [2.24, 2.45) is 0 Å². The van der Waals surface area contributed by atoms with Crippen LogP contribution < -0.4 is 10.6 Å². The van der Waals surface area contributed by atoms with Gasteiger partial charge in [-0.05, 0) is 36.8 Å². The van der Waals surface area contributed by atoms with Gasteiger partial charge in [0.05, 0.1) is 17.3 Å². The minimum absolute atomic E-state index is 0.134. The van der Waals surface area contributed by atoms with Crippen LogP contribution in [0.5, 0.6) is 0 Å². The third-order valence-electron chi connectivity index (χ3n) is 2.77. The van der Waals surface area contributed by atoms with Crippen molar-refractivity contribution >= 4 is 40.5 Å². The van der Waals surface area contributed by atoms with Gasteiger partial charge >= 0.3 is 0 Å². The van der Waals surface area contributed by atoms with Crippen LogP contribution in [-0.2, 0) is 4.79 Å². The normalized spacial score (nSPS) is 10.2. The molecule has 0 saturated carbocycles. The first-order valence-electron chi connectivity index (χ1n) is 6.10. The average molecular weight is 309 g/mol. The summed E-state index contributed by atoms with van der Waals surface area (Å²) < 4.78 is 0. The second kappa shape index (κ2) is 6.64. The minimum Gasteiger partial charge on any atom is -0.375 e. The fraction of sp³-hybridized carbons (Fsp3) is 0.133. The molecule has 0 bridgehead atoms. The minimum atomic E-state index is -0.162. The second-order valence-corrected chi connectivity index (χ2v) is 5.16. The van der Waals surface area contributed by atoms with Gasteiger partial charge in [0, 0.05) is 10.7 Å². The van der Waals surface area contributed by atoms with Crippen LogP contribution in [0.1, 0.15) is 5.56 Å². The highest BCUT2D eigenvalue weighted by atomic mass is 35.5. The van der Waals surface area contributed by atoms with Crippen molar-refractivity contribution in [3.63, 3.8) is 0 Å². The molecule has 0 aromatic heterocycles. The van der Waals surface area contributed by atoms with Crippen molar-refractivity contribution in [1.29, 1.82) is 0 Å². The molecule has 2 rings (SSSR count). The van der Waals surface area contributed by atoms with E-state index in [4.69, 9.17) is 23.2 Å². The number of rotatable bonds is 4. The number of carbonyl (C=O) groups excluding carboxylic acids is 1. The summed E-state index contributed by atoms with van der Waals surface area (Å²) >= 11 is 12.0. The van der Waals surface area contributed by atoms with Crippen LogP contribution in [-0.4, -0.2) is 12.5 Å². The summed E-state index contributed by atoms with van der Waals surface area (Å²) in [7, 11) is 0. The van der Waals surface area contributed by atoms with Crippen LogP contribution in [0, 0.1) is 6.92 Å². The Kier molecular flexibility index (Phi) is 4.88. The topological polar surface area (TPSA) is 41.1 Å². The molecule has 5 heteroatoms. The largest absolute Gasteiger partial charge is 0.375 e. The predicted molar refractivity (Wildman–Crippen MR) is 84.8 cm³/mol. The first kappa shape index (κ1) is 14.7. The molecule has 0 aliphatic rings. The number of benzene rings is 2. The van der Waals surface area contributed by atoms with E-state index < -0.39 is 0 Å². The van der Waals surface area contributed by atoms with Crippen molar-refractivity contribution in [1.82, 2.24) is 0 Å². The van der Waals surface area contributed by atoms with Gasteiger partial charge in [-0.15, -0.1) is 0 Å². The number of aryl methyl sites for hydroxylation is 1. The van der Waals surface area contributed by atoms with Gasteiger partial charge in [0.2, 0.25) is 5.91 Å². The zero-order valence-electron chi connectivity index (χ0n) is 10.9. The van der Waals surface area contributed by atoms with Gasteiger partial charge in [0.1, 0.15) is 0 Å². The van der Waals surface area contributed by atoms with E-state index in [0.717, 1.165) is 11.3 Å². The molecule has 3 nitrogen and oxygen atoms in total. The molecule has 1 amide bonds. The molecule has 0 saturated heterocycles. The van der Waals surface area contributed by atoms with Gasteiger partial charge in [0.25, 0.3) is 0 Å². The fourth-order valence-corrected chi connectivity index (χ4v) is 2.04. The molecule has 0 aliphatic carbocycles. The summed E-state index contributed by atoms with van der Waals surface area (Å²) in [4.78, 5) is 11.8. The predicted octanol–water partition coefficient (Wildman–Crippen LogP) is 4.35. The molecular formula is C15H14Cl2N2O. The number of anilines is 2. The number of hydrogen-bond acceptors (Lipinski definition) is 2. The Labute approximate surface area is 127 Å². The molecular weight excluding hydrogens is 295 g/mol. The van der Waals surface area contributed by atoms with Gasteiger partial charge in [0.15, 0.2) is 0 Å². The highest BCUT2D eigenvalue weighted by Gasteiger charge is 2.05. The van der Waals surface area contributed by atoms with Crippen molar-refractivity contribution in [3.8, 4) is 0 Å². The summed E-state index contributed by atoms with van der Waals surface area (Å²) in [5.74, 6) is -0.162. The van der Waals surface area contributed by atoms with Gasteiger partial charge in [-0.1, -0.05) is 41.4 Å². The zero-order valence-corrected chi connectivity index (χ0v) is 12.4. The summed E-state index contributed by atoms with van der Waals surface area (Å²) in [5.41, 5.74) is 2.37. The van der Waals surface area contributed by atoms with Crippen molar-refractivity contribution in [3.05, 3.63) is 58.1 Å². The van der Waals surface area contributed by atoms with Crippen molar-refractivity contribution in [2.45, 2.75) is 6.92 Å². The maximum Gasteiger partial charge on any atom is 0.243 e. The molecule has 2 aromatic rings.